The zero-order valence-corrected chi connectivity index (χ0v) is 12.2. The van der Waals surface area contributed by atoms with Crippen molar-refractivity contribution in [1.29, 1.82) is 0 Å². The summed E-state index contributed by atoms with van der Waals surface area (Å²) in [5, 5.41) is 16.6. The molecule has 0 saturated heterocycles. The minimum Gasteiger partial charge on any atom is -0.395 e. The quantitative estimate of drug-likeness (QED) is 0.788. The van der Waals surface area contributed by atoms with Crippen LogP contribution >= 0.6 is 0 Å². The SMILES string of the molecule is OCCNc1nc(NC2CCCCC2)c2ccccc2n1. The molecular formula is C16H22N4O. The van der Waals surface area contributed by atoms with Crippen LogP contribution in [0.1, 0.15) is 32.1 Å². The molecule has 112 valence electrons. The van der Waals surface area contributed by atoms with Crippen LogP contribution in [0.2, 0.25) is 0 Å². The third-order valence-electron chi connectivity index (χ3n) is 3.94. The number of para-hydroxylation sites is 1. The molecule has 21 heavy (non-hydrogen) atoms. The minimum absolute atomic E-state index is 0.0710. The molecule has 0 amide bonds. The van der Waals surface area contributed by atoms with Crippen molar-refractivity contribution < 1.29 is 5.11 Å². The number of aromatic nitrogens is 2. The number of nitrogens with one attached hydrogen (secondary N) is 2. The molecule has 3 rings (SSSR count). The second-order valence-electron chi connectivity index (χ2n) is 5.54. The van der Waals surface area contributed by atoms with Gasteiger partial charge in [-0.3, -0.25) is 0 Å². The Morgan fingerprint density at radius 3 is 2.71 bits per heavy atom. The van der Waals surface area contributed by atoms with E-state index in [9.17, 15) is 0 Å². The summed E-state index contributed by atoms with van der Waals surface area (Å²) >= 11 is 0. The normalized spacial score (nSPS) is 16.0. The van der Waals surface area contributed by atoms with Gasteiger partial charge in [-0.05, 0) is 25.0 Å². The van der Waals surface area contributed by atoms with Gasteiger partial charge >= 0.3 is 0 Å². The topological polar surface area (TPSA) is 70.1 Å². The predicted molar refractivity (Wildman–Crippen MR) is 85.6 cm³/mol. The maximum atomic E-state index is 8.94. The number of aliphatic hydroxyl groups is 1. The number of hydrogen-bond donors (Lipinski definition) is 3. The van der Waals surface area contributed by atoms with Crippen molar-refractivity contribution in [3.05, 3.63) is 24.3 Å². The van der Waals surface area contributed by atoms with E-state index in [1.54, 1.807) is 0 Å². The van der Waals surface area contributed by atoms with Crippen LogP contribution < -0.4 is 10.6 Å². The van der Waals surface area contributed by atoms with Gasteiger partial charge < -0.3 is 15.7 Å². The number of fused-ring (bicyclic) bond motifs is 1. The molecule has 1 aliphatic carbocycles. The fraction of sp³-hybridized carbons (Fsp3) is 0.500. The number of aliphatic hydroxyl groups excluding tert-OH is 1. The molecule has 0 atom stereocenters. The van der Waals surface area contributed by atoms with Crippen LogP contribution in [0.5, 0.6) is 0 Å². The summed E-state index contributed by atoms with van der Waals surface area (Å²) in [5.41, 5.74) is 0.922. The standard InChI is InChI=1S/C16H22N4O/c21-11-10-17-16-19-14-9-5-4-8-13(14)15(20-16)18-12-6-2-1-3-7-12/h4-5,8-9,12,21H,1-3,6-7,10-11H2,(H2,17,18,19,20). The monoisotopic (exact) mass is 286 g/mol. The highest BCUT2D eigenvalue weighted by atomic mass is 16.3. The molecule has 0 radical (unpaired) electrons. The summed E-state index contributed by atoms with van der Waals surface area (Å²) in [5.74, 6) is 1.47. The molecule has 0 aliphatic heterocycles. The van der Waals surface area contributed by atoms with Crippen molar-refractivity contribution in [2.24, 2.45) is 0 Å². The molecule has 1 aromatic carbocycles. The zero-order valence-electron chi connectivity index (χ0n) is 12.2. The smallest absolute Gasteiger partial charge is 0.225 e. The van der Waals surface area contributed by atoms with Crippen LogP contribution in [0.15, 0.2) is 24.3 Å². The second kappa shape index (κ2) is 6.72. The minimum atomic E-state index is 0.0710. The predicted octanol–water partition coefficient (Wildman–Crippen LogP) is 2.78. The first-order valence-electron chi connectivity index (χ1n) is 7.75. The fourth-order valence-electron chi connectivity index (χ4n) is 2.87. The summed E-state index contributed by atoms with van der Waals surface area (Å²) in [7, 11) is 0. The van der Waals surface area contributed by atoms with Gasteiger partial charge in [0.2, 0.25) is 5.95 Å². The van der Waals surface area contributed by atoms with Crippen LogP contribution in [0.4, 0.5) is 11.8 Å². The Hall–Kier alpha value is -1.88. The molecule has 0 bridgehead atoms. The van der Waals surface area contributed by atoms with Crippen molar-refractivity contribution in [1.82, 2.24) is 9.97 Å². The fourth-order valence-corrected chi connectivity index (χ4v) is 2.87. The third kappa shape index (κ3) is 3.42. The summed E-state index contributed by atoms with van der Waals surface area (Å²) in [6, 6.07) is 8.54. The third-order valence-corrected chi connectivity index (χ3v) is 3.94. The van der Waals surface area contributed by atoms with E-state index in [0.717, 1.165) is 16.7 Å². The first-order chi connectivity index (χ1) is 10.4. The molecule has 1 aliphatic rings. The average molecular weight is 286 g/mol. The summed E-state index contributed by atoms with van der Waals surface area (Å²) in [6.07, 6.45) is 6.33. The molecule has 1 heterocycles. The molecule has 0 spiro atoms. The summed E-state index contributed by atoms with van der Waals surface area (Å²) in [6.45, 7) is 0.531. The molecule has 3 N–H and O–H groups in total. The Labute approximate surface area is 124 Å². The van der Waals surface area contributed by atoms with Gasteiger partial charge in [0.15, 0.2) is 0 Å². The Morgan fingerprint density at radius 2 is 1.90 bits per heavy atom. The zero-order chi connectivity index (χ0) is 14.5. The summed E-state index contributed by atoms with van der Waals surface area (Å²) in [4.78, 5) is 9.08. The van der Waals surface area contributed by atoms with Gasteiger partial charge in [-0.15, -0.1) is 0 Å². The van der Waals surface area contributed by atoms with Gasteiger partial charge in [0.1, 0.15) is 5.82 Å². The van der Waals surface area contributed by atoms with E-state index in [1.165, 1.54) is 32.1 Å². The van der Waals surface area contributed by atoms with E-state index in [2.05, 4.69) is 26.7 Å². The first kappa shape index (κ1) is 14.1. The maximum Gasteiger partial charge on any atom is 0.225 e. The van der Waals surface area contributed by atoms with E-state index < -0.39 is 0 Å². The summed E-state index contributed by atoms with van der Waals surface area (Å²) < 4.78 is 0. The molecule has 5 heteroatoms. The van der Waals surface area contributed by atoms with E-state index in [1.807, 2.05) is 18.2 Å². The Kier molecular flexibility index (Phi) is 4.50. The molecule has 5 nitrogen and oxygen atoms in total. The van der Waals surface area contributed by atoms with Gasteiger partial charge in [-0.1, -0.05) is 31.4 Å². The van der Waals surface area contributed by atoms with Gasteiger partial charge in [0.05, 0.1) is 12.1 Å². The Bertz CT molecular complexity index is 596. The van der Waals surface area contributed by atoms with E-state index in [-0.39, 0.29) is 6.61 Å². The number of benzene rings is 1. The van der Waals surface area contributed by atoms with Gasteiger partial charge in [0.25, 0.3) is 0 Å². The van der Waals surface area contributed by atoms with E-state index >= 15 is 0 Å². The Morgan fingerprint density at radius 1 is 1.10 bits per heavy atom. The van der Waals surface area contributed by atoms with Crippen LogP contribution in [0.25, 0.3) is 10.9 Å². The lowest BCUT2D eigenvalue weighted by Crippen LogP contribution is -2.23. The first-order valence-corrected chi connectivity index (χ1v) is 7.75. The van der Waals surface area contributed by atoms with Crippen molar-refractivity contribution in [2.45, 2.75) is 38.1 Å². The second-order valence-corrected chi connectivity index (χ2v) is 5.54. The lowest BCUT2D eigenvalue weighted by molar-refractivity contribution is 0.311. The molecule has 2 aromatic rings. The van der Waals surface area contributed by atoms with Gasteiger partial charge in [-0.25, -0.2) is 4.98 Å². The average Bonchev–Trinajstić information content (AvgIpc) is 2.54. The lowest BCUT2D eigenvalue weighted by Gasteiger charge is -2.24. The van der Waals surface area contributed by atoms with Crippen LogP contribution in [0.3, 0.4) is 0 Å². The number of rotatable bonds is 5. The van der Waals surface area contributed by atoms with Crippen molar-refractivity contribution in [3.8, 4) is 0 Å². The van der Waals surface area contributed by atoms with E-state index in [0.29, 0.717) is 18.5 Å². The van der Waals surface area contributed by atoms with Crippen LogP contribution in [-0.2, 0) is 0 Å². The molecule has 0 unspecified atom stereocenters. The molecule has 1 fully saturated rings. The number of hydrogen-bond acceptors (Lipinski definition) is 5. The maximum absolute atomic E-state index is 8.94. The van der Waals surface area contributed by atoms with Crippen molar-refractivity contribution in [3.63, 3.8) is 0 Å². The van der Waals surface area contributed by atoms with Crippen LogP contribution in [-0.4, -0.2) is 34.3 Å². The van der Waals surface area contributed by atoms with Gasteiger partial charge in [-0.2, -0.15) is 4.98 Å². The highest BCUT2D eigenvalue weighted by Crippen LogP contribution is 2.26. The van der Waals surface area contributed by atoms with Crippen molar-refractivity contribution >= 4 is 22.7 Å². The molecule has 1 aromatic heterocycles. The number of anilines is 2. The largest absolute Gasteiger partial charge is 0.395 e. The lowest BCUT2D eigenvalue weighted by atomic mass is 9.95. The molecular weight excluding hydrogens is 264 g/mol. The van der Waals surface area contributed by atoms with E-state index in [4.69, 9.17) is 5.11 Å². The van der Waals surface area contributed by atoms with Crippen LogP contribution in [0, 0.1) is 0 Å². The highest BCUT2D eigenvalue weighted by Gasteiger charge is 2.15. The Balaban J connectivity index is 1.89. The van der Waals surface area contributed by atoms with Gasteiger partial charge in [0, 0.05) is 18.0 Å². The molecule has 1 saturated carbocycles. The number of nitrogens with zero attached hydrogens (tertiary/aromatic N) is 2. The van der Waals surface area contributed by atoms with Crippen molar-refractivity contribution in [2.75, 3.05) is 23.8 Å². The highest BCUT2D eigenvalue weighted by molar-refractivity contribution is 5.90.